The Hall–Kier alpha value is -3.87. The van der Waals surface area contributed by atoms with Gasteiger partial charge in [0.15, 0.2) is 5.69 Å². The van der Waals surface area contributed by atoms with Crippen LogP contribution in [0.5, 0.6) is 0 Å². The largest absolute Gasteiger partial charge is 0.444 e. The van der Waals surface area contributed by atoms with E-state index in [0.717, 1.165) is 44.8 Å². The number of carbonyl (C=O) groups is 2. The van der Waals surface area contributed by atoms with Gasteiger partial charge >= 0.3 is 6.09 Å². The van der Waals surface area contributed by atoms with E-state index in [-0.39, 0.29) is 36.7 Å². The number of alkyl halides is 2. The fourth-order valence-electron chi connectivity index (χ4n) is 5.02. The summed E-state index contributed by atoms with van der Waals surface area (Å²) in [4.78, 5) is 34.4. The van der Waals surface area contributed by atoms with Crippen LogP contribution in [0.4, 0.5) is 25.1 Å². The maximum atomic E-state index is 13.7. The summed E-state index contributed by atoms with van der Waals surface area (Å²) in [6, 6.07) is 3.46. The van der Waals surface area contributed by atoms with Crippen molar-refractivity contribution < 1.29 is 32.3 Å². The lowest BCUT2D eigenvalue weighted by Crippen LogP contribution is -2.38. The van der Waals surface area contributed by atoms with Crippen molar-refractivity contribution in [2.24, 2.45) is 11.8 Å². The molecule has 43 heavy (non-hydrogen) atoms. The molecule has 0 unspecified atom stereocenters. The van der Waals surface area contributed by atoms with Crippen LogP contribution in [-0.2, 0) is 20.9 Å². The molecule has 0 radical (unpaired) electrons. The number of halogens is 2. The molecule has 2 aliphatic carbocycles. The Morgan fingerprint density at radius 1 is 1.23 bits per heavy atom. The molecule has 3 heterocycles. The predicted molar refractivity (Wildman–Crippen MR) is 154 cm³/mol. The molecule has 0 aliphatic heterocycles. The van der Waals surface area contributed by atoms with Crippen molar-refractivity contribution in [3.8, 4) is 11.5 Å². The third kappa shape index (κ3) is 8.15. The Labute approximate surface area is 248 Å². The topological polar surface area (TPSA) is 125 Å². The molecule has 1 N–H and O–H groups in total. The first-order chi connectivity index (χ1) is 20.6. The molecule has 0 spiro atoms. The van der Waals surface area contributed by atoms with Gasteiger partial charge in [-0.05, 0) is 77.3 Å². The molecule has 13 heteroatoms. The van der Waals surface area contributed by atoms with Gasteiger partial charge in [0.2, 0.25) is 5.89 Å². The van der Waals surface area contributed by atoms with Crippen LogP contribution in [-0.4, -0.2) is 51.0 Å². The summed E-state index contributed by atoms with van der Waals surface area (Å²) in [5.74, 6) is 1.23. The van der Waals surface area contributed by atoms with E-state index in [0.29, 0.717) is 35.4 Å². The Morgan fingerprint density at radius 2 is 2.00 bits per heavy atom. The van der Waals surface area contributed by atoms with Crippen molar-refractivity contribution in [1.29, 1.82) is 0 Å². The standard InChI is InChI=1S/C30H38F2N6O5/c1-30(2,3)43-29(40)37(13-19-4-5-19)25-12-21(10-11-33-25)28-35-22(17-42-28)16-41-18-34-24-14-38(36-26(24)27(31)32)23-8-6-20(15-39)7-9-23/h10-12,14-15,17,19-20,23,27,34H,4-9,13,16,18H2,1-3H3. The number of nitrogens with zero attached hydrogens (tertiary/aromatic N) is 5. The van der Waals surface area contributed by atoms with Crippen molar-refractivity contribution in [3.63, 3.8) is 0 Å². The van der Waals surface area contributed by atoms with Crippen molar-refractivity contribution in [2.45, 2.75) is 84.0 Å². The van der Waals surface area contributed by atoms with Crippen molar-refractivity contribution in [1.82, 2.24) is 19.7 Å². The van der Waals surface area contributed by atoms with Gasteiger partial charge in [-0.25, -0.2) is 23.5 Å². The minimum absolute atomic E-state index is 0.0163. The van der Waals surface area contributed by atoms with E-state index in [2.05, 4.69) is 20.4 Å². The summed E-state index contributed by atoms with van der Waals surface area (Å²) in [5.41, 5.74) is 0.379. The van der Waals surface area contributed by atoms with Gasteiger partial charge in [-0.3, -0.25) is 9.58 Å². The molecule has 0 aromatic carbocycles. The van der Waals surface area contributed by atoms with Crippen molar-refractivity contribution in [3.05, 3.63) is 42.2 Å². The van der Waals surface area contributed by atoms with Gasteiger partial charge in [0, 0.05) is 30.4 Å². The number of ether oxygens (including phenoxy) is 2. The van der Waals surface area contributed by atoms with Gasteiger partial charge in [0.05, 0.1) is 18.3 Å². The number of nitrogens with one attached hydrogen (secondary N) is 1. The number of pyridine rings is 1. The molecule has 11 nitrogen and oxygen atoms in total. The number of hydrogen-bond acceptors (Lipinski definition) is 9. The summed E-state index contributed by atoms with van der Waals surface area (Å²) in [6.45, 7) is 6.03. The normalized spacial score (nSPS) is 18.9. The van der Waals surface area contributed by atoms with Gasteiger partial charge < -0.3 is 24.0 Å². The first-order valence-electron chi connectivity index (χ1n) is 14.6. The predicted octanol–water partition coefficient (Wildman–Crippen LogP) is 6.54. The van der Waals surface area contributed by atoms with Gasteiger partial charge in [-0.2, -0.15) is 5.10 Å². The summed E-state index contributed by atoms with van der Waals surface area (Å²) in [5, 5.41) is 7.01. The van der Waals surface area contributed by atoms with Crippen LogP contribution in [0.25, 0.3) is 11.5 Å². The Balaban J connectivity index is 1.18. The van der Waals surface area contributed by atoms with Gasteiger partial charge in [-0.15, -0.1) is 0 Å². The van der Waals surface area contributed by atoms with Crippen LogP contribution < -0.4 is 10.2 Å². The Morgan fingerprint density at radius 3 is 2.67 bits per heavy atom. The zero-order valence-electron chi connectivity index (χ0n) is 24.7. The van der Waals surface area contributed by atoms with E-state index >= 15 is 0 Å². The second-order valence-electron chi connectivity index (χ2n) is 12.2. The highest BCUT2D eigenvalue weighted by Crippen LogP contribution is 2.35. The zero-order valence-corrected chi connectivity index (χ0v) is 24.7. The van der Waals surface area contributed by atoms with E-state index in [1.165, 1.54) is 6.26 Å². The lowest BCUT2D eigenvalue weighted by atomic mass is 9.87. The lowest BCUT2D eigenvalue weighted by Gasteiger charge is -2.27. The molecule has 1 amide bonds. The summed E-state index contributed by atoms with van der Waals surface area (Å²) in [6.07, 6.45) is 7.42. The SMILES string of the molecule is CC(C)(C)OC(=O)N(CC1CC1)c1cc(-c2nc(COCNc3cn(C4CCC(C=O)CC4)nc3C(F)F)co2)ccn1. The quantitative estimate of drug-likeness (QED) is 0.140. The van der Waals surface area contributed by atoms with E-state index in [4.69, 9.17) is 13.9 Å². The number of carbonyl (C=O) groups excluding carboxylic acids is 2. The molecule has 3 aromatic heterocycles. The number of aldehydes is 1. The van der Waals surface area contributed by atoms with Crippen LogP contribution in [0.1, 0.15) is 83.2 Å². The highest BCUT2D eigenvalue weighted by atomic mass is 19.3. The maximum absolute atomic E-state index is 13.7. The molecule has 2 fully saturated rings. The zero-order chi connectivity index (χ0) is 30.6. The molecule has 3 aromatic rings. The van der Waals surface area contributed by atoms with Crippen LogP contribution in [0, 0.1) is 11.8 Å². The van der Waals surface area contributed by atoms with E-state index < -0.39 is 18.1 Å². The monoisotopic (exact) mass is 600 g/mol. The van der Waals surface area contributed by atoms with Gasteiger partial charge in [0.25, 0.3) is 6.43 Å². The second-order valence-corrected chi connectivity index (χ2v) is 12.2. The molecule has 0 bridgehead atoms. The van der Waals surface area contributed by atoms with E-state index in [1.807, 2.05) is 20.8 Å². The molecular formula is C30H38F2N6O5. The van der Waals surface area contributed by atoms with Crippen molar-refractivity contribution >= 4 is 23.9 Å². The number of hydrogen-bond donors (Lipinski definition) is 1. The van der Waals surface area contributed by atoms with E-state index in [1.54, 1.807) is 34.1 Å². The van der Waals surface area contributed by atoms with Crippen LogP contribution in [0.3, 0.4) is 0 Å². The lowest BCUT2D eigenvalue weighted by molar-refractivity contribution is -0.112. The average Bonchev–Trinajstić information content (AvgIpc) is 3.49. The van der Waals surface area contributed by atoms with Crippen LogP contribution in [0.2, 0.25) is 0 Å². The maximum Gasteiger partial charge on any atom is 0.416 e. The average molecular weight is 601 g/mol. The first kappa shape index (κ1) is 30.6. The smallest absolute Gasteiger partial charge is 0.416 e. The number of oxazole rings is 1. The molecule has 0 saturated heterocycles. The summed E-state index contributed by atoms with van der Waals surface area (Å²) >= 11 is 0. The molecule has 232 valence electrons. The van der Waals surface area contributed by atoms with Gasteiger partial charge in [0.1, 0.15) is 36.4 Å². The number of aromatic nitrogens is 4. The highest BCUT2D eigenvalue weighted by Gasteiger charge is 2.31. The van der Waals surface area contributed by atoms with Gasteiger partial charge in [-0.1, -0.05) is 0 Å². The number of anilines is 2. The molecular weight excluding hydrogens is 562 g/mol. The highest BCUT2D eigenvalue weighted by molar-refractivity contribution is 5.87. The minimum Gasteiger partial charge on any atom is -0.444 e. The fourth-order valence-corrected chi connectivity index (χ4v) is 5.02. The number of amides is 1. The third-order valence-electron chi connectivity index (χ3n) is 7.46. The van der Waals surface area contributed by atoms with Crippen molar-refractivity contribution in [2.75, 3.05) is 23.5 Å². The molecule has 0 atom stereocenters. The van der Waals surface area contributed by atoms with E-state index in [9.17, 15) is 18.4 Å². The fraction of sp³-hybridized carbons (Fsp3) is 0.567. The number of rotatable bonds is 12. The molecule has 2 aliphatic rings. The Kier molecular flexibility index (Phi) is 9.38. The van der Waals surface area contributed by atoms with Crippen LogP contribution >= 0.6 is 0 Å². The van der Waals surface area contributed by atoms with Crippen LogP contribution in [0.15, 0.2) is 35.2 Å². The minimum atomic E-state index is -2.74. The molecule has 2 saturated carbocycles. The molecule has 5 rings (SSSR count). The first-order valence-corrected chi connectivity index (χ1v) is 14.6. The Bertz CT molecular complexity index is 1390. The summed E-state index contributed by atoms with van der Waals surface area (Å²) in [7, 11) is 0. The third-order valence-corrected chi connectivity index (χ3v) is 7.46. The summed E-state index contributed by atoms with van der Waals surface area (Å²) < 4.78 is 45.8. The second kappa shape index (κ2) is 13.2.